The molecule has 1 aromatic carbocycles. The minimum absolute atomic E-state index is 0.460. The second-order valence-corrected chi connectivity index (χ2v) is 4.29. The number of nitrogen functional groups attached to an aromatic ring is 1. The number of hydrogen-bond donors (Lipinski definition) is 2. The van der Waals surface area contributed by atoms with Crippen LogP contribution in [0.15, 0.2) is 18.2 Å². The van der Waals surface area contributed by atoms with E-state index in [1.807, 2.05) is 32.0 Å². The summed E-state index contributed by atoms with van der Waals surface area (Å²) in [6.07, 6.45) is 0.168. The second kappa shape index (κ2) is 2.89. The van der Waals surface area contributed by atoms with E-state index in [-0.39, 0.29) is 0 Å². The fourth-order valence-corrected chi connectivity index (χ4v) is 1.64. The maximum atomic E-state index is 9.80. The molecule has 0 unspecified atom stereocenters. The van der Waals surface area contributed by atoms with Crippen LogP contribution in [-0.2, 0) is 6.42 Å². The third kappa shape index (κ3) is 1.44. The average molecular weight is 193 g/mol. The van der Waals surface area contributed by atoms with Gasteiger partial charge in [0.1, 0.15) is 11.4 Å². The lowest BCUT2D eigenvalue weighted by atomic mass is 9.91. The molecule has 0 spiro atoms. The molecule has 0 saturated heterocycles. The molecule has 0 aromatic heterocycles. The molecule has 76 valence electrons. The van der Waals surface area contributed by atoms with Gasteiger partial charge in [-0.05, 0) is 25.5 Å². The maximum absolute atomic E-state index is 9.80. The smallest absolute Gasteiger partial charge is 0.129 e. The van der Waals surface area contributed by atoms with E-state index >= 15 is 0 Å². The largest absolute Gasteiger partial charge is 0.485 e. The second-order valence-electron chi connectivity index (χ2n) is 4.29. The van der Waals surface area contributed by atoms with E-state index in [4.69, 9.17) is 10.5 Å². The van der Waals surface area contributed by atoms with Crippen molar-refractivity contribution >= 4 is 5.69 Å². The molecule has 0 amide bonds. The van der Waals surface area contributed by atoms with Crippen LogP contribution in [0.25, 0.3) is 0 Å². The van der Waals surface area contributed by atoms with Crippen molar-refractivity contribution in [1.29, 1.82) is 0 Å². The van der Waals surface area contributed by atoms with Crippen molar-refractivity contribution in [1.82, 2.24) is 0 Å². The Balaban J connectivity index is 2.41. The normalized spacial score (nSPS) is 23.8. The summed E-state index contributed by atoms with van der Waals surface area (Å²) in [7, 11) is 0. The number of ether oxygens (including phenoxy) is 1. The van der Waals surface area contributed by atoms with Crippen molar-refractivity contribution in [3.8, 4) is 5.75 Å². The van der Waals surface area contributed by atoms with Crippen LogP contribution in [0.5, 0.6) is 5.75 Å². The first kappa shape index (κ1) is 9.34. The Morgan fingerprint density at radius 3 is 2.93 bits per heavy atom. The Bertz CT molecular complexity index is 360. The van der Waals surface area contributed by atoms with Crippen molar-refractivity contribution in [3.05, 3.63) is 23.8 Å². The van der Waals surface area contributed by atoms with Crippen LogP contribution in [-0.4, -0.2) is 16.8 Å². The first-order chi connectivity index (χ1) is 6.49. The molecule has 3 nitrogen and oxygen atoms in total. The third-order valence-electron chi connectivity index (χ3n) is 2.68. The fraction of sp³-hybridized carbons (Fsp3) is 0.455. The summed E-state index contributed by atoms with van der Waals surface area (Å²) in [6.45, 7) is 3.76. The molecule has 1 atom stereocenters. The highest BCUT2D eigenvalue weighted by atomic mass is 16.5. The fourth-order valence-electron chi connectivity index (χ4n) is 1.64. The minimum Gasteiger partial charge on any atom is -0.485 e. The molecule has 0 saturated carbocycles. The van der Waals surface area contributed by atoms with Gasteiger partial charge in [-0.15, -0.1) is 0 Å². The lowest BCUT2D eigenvalue weighted by Gasteiger charge is -2.37. The number of benzene rings is 1. The first-order valence-corrected chi connectivity index (χ1v) is 4.74. The molecule has 1 heterocycles. The minimum atomic E-state index is -0.527. The van der Waals surface area contributed by atoms with Gasteiger partial charge in [0.25, 0.3) is 0 Å². The molecule has 0 aliphatic carbocycles. The van der Waals surface area contributed by atoms with Gasteiger partial charge in [0, 0.05) is 18.2 Å². The summed E-state index contributed by atoms with van der Waals surface area (Å²) < 4.78 is 5.68. The van der Waals surface area contributed by atoms with Gasteiger partial charge in [-0.1, -0.05) is 6.07 Å². The molecule has 14 heavy (non-hydrogen) atoms. The van der Waals surface area contributed by atoms with E-state index in [9.17, 15) is 5.11 Å². The number of aliphatic hydroxyl groups is 1. The van der Waals surface area contributed by atoms with E-state index < -0.39 is 11.7 Å². The third-order valence-corrected chi connectivity index (χ3v) is 2.68. The summed E-state index contributed by atoms with van der Waals surface area (Å²) in [6, 6.07) is 5.54. The molecule has 3 heteroatoms. The zero-order valence-corrected chi connectivity index (χ0v) is 8.45. The van der Waals surface area contributed by atoms with Crippen LogP contribution in [0.1, 0.15) is 19.4 Å². The number of anilines is 1. The SMILES string of the molecule is CC1(C)Oc2cc(N)ccc2C[C@H]1O. The number of hydrogen-bond acceptors (Lipinski definition) is 3. The van der Waals surface area contributed by atoms with E-state index in [2.05, 4.69) is 0 Å². The van der Waals surface area contributed by atoms with Gasteiger partial charge in [0.15, 0.2) is 0 Å². The van der Waals surface area contributed by atoms with E-state index in [0.717, 1.165) is 11.3 Å². The summed E-state index contributed by atoms with van der Waals surface area (Å²) in [5.41, 5.74) is 6.85. The van der Waals surface area contributed by atoms with Crippen LogP contribution < -0.4 is 10.5 Å². The van der Waals surface area contributed by atoms with Gasteiger partial charge >= 0.3 is 0 Å². The Morgan fingerprint density at radius 2 is 2.21 bits per heavy atom. The van der Waals surface area contributed by atoms with Crippen LogP contribution in [0, 0.1) is 0 Å². The quantitative estimate of drug-likeness (QED) is 0.611. The number of fused-ring (bicyclic) bond motifs is 1. The highest BCUT2D eigenvalue weighted by molar-refractivity contribution is 5.50. The predicted octanol–water partition coefficient (Wildman–Crippen LogP) is 1.34. The zero-order valence-electron chi connectivity index (χ0n) is 8.45. The predicted molar refractivity (Wildman–Crippen MR) is 55.3 cm³/mol. The van der Waals surface area contributed by atoms with E-state index in [0.29, 0.717) is 12.1 Å². The molecule has 0 bridgehead atoms. The monoisotopic (exact) mass is 193 g/mol. The summed E-state index contributed by atoms with van der Waals surface area (Å²) in [5, 5.41) is 9.80. The van der Waals surface area contributed by atoms with Crippen molar-refractivity contribution < 1.29 is 9.84 Å². The van der Waals surface area contributed by atoms with E-state index in [1.54, 1.807) is 0 Å². The van der Waals surface area contributed by atoms with Crippen molar-refractivity contribution in [3.63, 3.8) is 0 Å². The lowest BCUT2D eigenvalue weighted by Crippen LogP contribution is -2.46. The zero-order chi connectivity index (χ0) is 10.3. The Kier molecular flexibility index (Phi) is 1.93. The molecule has 3 N–H and O–H groups in total. The topological polar surface area (TPSA) is 55.5 Å². The van der Waals surface area contributed by atoms with Gasteiger partial charge in [-0.25, -0.2) is 0 Å². The highest BCUT2D eigenvalue weighted by Crippen LogP contribution is 2.34. The lowest BCUT2D eigenvalue weighted by molar-refractivity contribution is -0.0410. The number of nitrogens with two attached hydrogens (primary N) is 1. The van der Waals surface area contributed by atoms with Crippen LogP contribution in [0.4, 0.5) is 5.69 Å². The van der Waals surface area contributed by atoms with Crippen LogP contribution in [0.3, 0.4) is 0 Å². The Hall–Kier alpha value is -1.22. The average Bonchev–Trinajstić information content (AvgIpc) is 2.07. The summed E-state index contributed by atoms with van der Waals surface area (Å²) in [5.74, 6) is 0.792. The molecular formula is C11H15NO2. The molecule has 1 aromatic rings. The highest BCUT2D eigenvalue weighted by Gasteiger charge is 2.35. The number of aliphatic hydroxyl groups excluding tert-OH is 1. The molecule has 1 aliphatic heterocycles. The molecule has 2 rings (SSSR count). The molecular weight excluding hydrogens is 178 g/mol. The first-order valence-electron chi connectivity index (χ1n) is 4.74. The van der Waals surface area contributed by atoms with Gasteiger partial charge < -0.3 is 15.6 Å². The Morgan fingerprint density at radius 1 is 1.50 bits per heavy atom. The van der Waals surface area contributed by atoms with E-state index in [1.165, 1.54) is 0 Å². The molecule has 1 aliphatic rings. The standard InChI is InChI=1S/C11H15NO2/c1-11(2)10(13)5-7-3-4-8(12)6-9(7)14-11/h3-4,6,10,13H,5,12H2,1-2H3/t10-/m1/s1. The Labute approximate surface area is 83.5 Å². The number of rotatable bonds is 0. The van der Waals surface area contributed by atoms with Gasteiger partial charge in [-0.2, -0.15) is 0 Å². The van der Waals surface area contributed by atoms with Crippen molar-refractivity contribution in [2.75, 3.05) is 5.73 Å². The van der Waals surface area contributed by atoms with Crippen LogP contribution >= 0.6 is 0 Å². The summed E-state index contributed by atoms with van der Waals surface area (Å²) in [4.78, 5) is 0. The van der Waals surface area contributed by atoms with Crippen molar-refractivity contribution in [2.45, 2.75) is 32.0 Å². The molecule has 0 radical (unpaired) electrons. The van der Waals surface area contributed by atoms with Gasteiger partial charge in [0.05, 0.1) is 6.10 Å². The van der Waals surface area contributed by atoms with Gasteiger partial charge in [-0.3, -0.25) is 0 Å². The molecule has 0 fully saturated rings. The summed E-state index contributed by atoms with van der Waals surface area (Å²) >= 11 is 0. The van der Waals surface area contributed by atoms with Gasteiger partial charge in [0.2, 0.25) is 0 Å². The van der Waals surface area contributed by atoms with Crippen LogP contribution in [0.2, 0.25) is 0 Å². The van der Waals surface area contributed by atoms with Crippen molar-refractivity contribution in [2.24, 2.45) is 0 Å². The maximum Gasteiger partial charge on any atom is 0.129 e.